The molecule has 56 heavy (non-hydrogen) atoms. The zero-order chi connectivity index (χ0) is 37.0. The van der Waals surface area contributed by atoms with Crippen molar-refractivity contribution in [1.29, 1.82) is 0 Å². The van der Waals surface area contributed by atoms with Gasteiger partial charge >= 0.3 is 0 Å². The highest BCUT2D eigenvalue weighted by Crippen LogP contribution is 2.45. The number of hydrogen-bond acceptors (Lipinski definition) is 2. The Balaban J connectivity index is 1.23. The maximum atomic E-state index is 5.34. The molecule has 0 bridgehead atoms. The molecule has 3 aromatic heterocycles. The average molecular weight is 715 g/mol. The van der Waals surface area contributed by atoms with Gasteiger partial charge in [-0.1, -0.05) is 152 Å². The van der Waals surface area contributed by atoms with Crippen LogP contribution in [0.1, 0.15) is 0 Å². The topological polar surface area (TPSA) is 35.6 Å². The summed E-state index contributed by atoms with van der Waals surface area (Å²) < 4.78 is 4.79. The van der Waals surface area contributed by atoms with Crippen molar-refractivity contribution in [1.82, 2.24) is 19.1 Å². The molecule has 8 aromatic carbocycles. The van der Waals surface area contributed by atoms with E-state index in [0.717, 1.165) is 50.5 Å². The molecule has 262 valence electrons. The largest absolute Gasteiger partial charge is 0.309 e. The van der Waals surface area contributed by atoms with E-state index in [0.29, 0.717) is 5.82 Å². The summed E-state index contributed by atoms with van der Waals surface area (Å²) in [7, 11) is 0. The monoisotopic (exact) mass is 714 g/mol. The van der Waals surface area contributed by atoms with E-state index in [2.05, 4.69) is 191 Å². The lowest BCUT2D eigenvalue weighted by molar-refractivity contribution is 1.16. The van der Waals surface area contributed by atoms with Gasteiger partial charge in [-0.15, -0.1) is 0 Å². The van der Waals surface area contributed by atoms with Gasteiger partial charge in [-0.25, -0.2) is 9.97 Å². The van der Waals surface area contributed by atoms with Crippen LogP contribution in [0.2, 0.25) is 0 Å². The molecule has 0 unspecified atom stereocenters. The highest BCUT2D eigenvalue weighted by Gasteiger charge is 2.23. The second-order valence-electron chi connectivity index (χ2n) is 14.2. The first-order valence-electron chi connectivity index (χ1n) is 19.0. The summed E-state index contributed by atoms with van der Waals surface area (Å²) in [5, 5.41) is 4.84. The number of para-hydroxylation sites is 4. The first kappa shape index (κ1) is 31.9. The number of nitrogens with zero attached hydrogens (tertiary/aromatic N) is 4. The zero-order valence-electron chi connectivity index (χ0n) is 30.4. The fraction of sp³-hybridized carbons (Fsp3) is 0. The first-order valence-corrected chi connectivity index (χ1v) is 19.0. The lowest BCUT2D eigenvalue weighted by Gasteiger charge is -2.15. The number of aromatic nitrogens is 4. The molecule has 0 spiro atoms. The van der Waals surface area contributed by atoms with E-state index in [9.17, 15) is 0 Å². The van der Waals surface area contributed by atoms with Crippen LogP contribution in [-0.2, 0) is 0 Å². The number of fused-ring (bicyclic) bond motifs is 6. The Kier molecular flexibility index (Phi) is 7.46. The van der Waals surface area contributed by atoms with Crippen molar-refractivity contribution < 1.29 is 0 Å². The summed E-state index contributed by atoms with van der Waals surface area (Å²) in [6.45, 7) is 0. The summed E-state index contributed by atoms with van der Waals surface area (Å²) >= 11 is 0. The molecule has 0 atom stereocenters. The molecular weight excluding hydrogens is 681 g/mol. The van der Waals surface area contributed by atoms with Crippen LogP contribution in [0.4, 0.5) is 0 Å². The molecule has 0 aliphatic carbocycles. The molecule has 0 aliphatic rings. The Morgan fingerprint density at radius 3 is 1.54 bits per heavy atom. The SMILES string of the molecule is c1ccc(-c2cc(-c3ccc(-c4ccc5c(c4)c4ccccc4n5-c4ccccc4)c4c5ccccc5n(-c5ccccc5)c34)nc(-c3ccccc3)n2)cc1. The molecule has 0 aliphatic heterocycles. The van der Waals surface area contributed by atoms with E-state index in [-0.39, 0.29) is 0 Å². The normalized spacial score (nSPS) is 11.6. The number of benzene rings is 8. The van der Waals surface area contributed by atoms with Gasteiger partial charge in [-0.2, -0.15) is 0 Å². The zero-order valence-corrected chi connectivity index (χ0v) is 30.4. The van der Waals surface area contributed by atoms with Gasteiger partial charge < -0.3 is 9.13 Å². The maximum absolute atomic E-state index is 5.34. The minimum atomic E-state index is 0.696. The third kappa shape index (κ3) is 5.15. The Hall–Kier alpha value is -7.56. The van der Waals surface area contributed by atoms with Crippen LogP contribution >= 0.6 is 0 Å². The summed E-state index contributed by atoms with van der Waals surface area (Å²) in [5.41, 5.74) is 14.0. The minimum Gasteiger partial charge on any atom is -0.309 e. The fourth-order valence-corrected chi connectivity index (χ4v) is 8.44. The van der Waals surface area contributed by atoms with E-state index in [4.69, 9.17) is 9.97 Å². The molecular formula is C52H34N4. The van der Waals surface area contributed by atoms with Gasteiger partial charge in [0.05, 0.1) is 33.5 Å². The third-order valence-corrected chi connectivity index (χ3v) is 10.9. The summed E-state index contributed by atoms with van der Waals surface area (Å²) in [6, 6.07) is 73.2. The van der Waals surface area contributed by atoms with E-state index in [1.54, 1.807) is 0 Å². The third-order valence-electron chi connectivity index (χ3n) is 10.9. The highest BCUT2D eigenvalue weighted by molar-refractivity contribution is 6.20. The molecule has 4 nitrogen and oxygen atoms in total. The molecule has 4 heteroatoms. The van der Waals surface area contributed by atoms with Crippen molar-refractivity contribution in [3.63, 3.8) is 0 Å². The fourth-order valence-electron chi connectivity index (χ4n) is 8.44. The summed E-state index contributed by atoms with van der Waals surface area (Å²) in [4.78, 5) is 10.5. The van der Waals surface area contributed by atoms with Gasteiger partial charge in [0, 0.05) is 49.6 Å². The van der Waals surface area contributed by atoms with Crippen molar-refractivity contribution >= 4 is 43.6 Å². The maximum Gasteiger partial charge on any atom is 0.160 e. The van der Waals surface area contributed by atoms with E-state index in [1.807, 2.05) is 24.3 Å². The molecule has 11 rings (SSSR count). The predicted octanol–water partition coefficient (Wildman–Crippen LogP) is 13.3. The second kappa shape index (κ2) is 13.1. The van der Waals surface area contributed by atoms with Gasteiger partial charge in [0.25, 0.3) is 0 Å². The van der Waals surface area contributed by atoms with Crippen LogP contribution in [0.5, 0.6) is 0 Å². The lowest BCUT2D eigenvalue weighted by atomic mass is 9.94. The standard InChI is InChI=1S/C52H34N4/c1-5-17-35(18-6-1)45-34-46(54-52(53-45)36-19-7-2-8-20-36)42-31-30-40(50-43-26-14-16-28-48(43)56(51(42)50)39-23-11-4-12-24-39)37-29-32-49-44(33-37)41-25-13-15-27-47(41)55(49)38-21-9-3-10-22-38/h1-34H. The molecule has 0 saturated heterocycles. The van der Waals surface area contributed by atoms with Crippen LogP contribution in [0.3, 0.4) is 0 Å². The van der Waals surface area contributed by atoms with Crippen molar-refractivity contribution in [3.8, 4) is 56.4 Å². The quantitative estimate of drug-likeness (QED) is 0.172. The van der Waals surface area contributed by atoms with Crippen LogP contribution in [-0.4, -0.2) is 19.1 Å². The predicted molar refractivity (Wildman–Crippen MR) is 232 cm³/mol. The number of hydrogen-bond donors (Lipinski definition) is 0. The van der Waals surface area contributed by atoms with Gasteiger partial charge in [0.15, 0.2) is 5.82 Å². The van der Waals surface area contributed by atoms with Crippen molar-refractivity contribution in [3.05, 3.63) is 206 Å². The average Bonchev–Trinajstić information content (AvgIpc) is 3.80. The molecule has 0 saturated carbocycles. The van der Waals surface area contributed by atoms with E-state index < -0.39 is 0 Å². The Bertz CT molecular complexity index is 3160. The van der Waals surface area contributed by atoms with Crippen molar-refractivity contribution in [2.75, 3.05) is 0 Å². The van der Waals surface area contributed by atoms with E-state index >= 15 is 0 Å². The molecule has 3 heterocycles. The lowest BCUT2D eigenvalue weighted by Crippen LogP contribution is -1.99. The van der Waals surface area contributed by atoms with Crippen molar-refractivity contribution in [2.24, 2.45) is 0 Å². The van der Waals surface area contributed by atoms with Gasteiger partial charge in [-0.3, -0.25) is 0 Å². The molecule has 0 radical (unpaired) electrons. The van der Waals surface area contributed by atoms with Crippen LogP contribution in [0.15, 0.2) is 206 Å². The minimum absolute atomic E-state index is 0.696. The molecule has 11 aromatic rings. The smallest absolute Gasteiger partial charge is 0.160 e. The Morgan fingerprint density at radius 2 is 0.839 bits per heavy atom. The van der Waals surface area contributed by atoms with Gasteiger partial charge in [0.2, 0.25) is 0 Å². The Labute approximate surface area is 324 Å². The Morgan fingerprint density at radius 1 is 0.321 bits per heavy atom. The molecule has 0 fully saturated rings. The van der Waals surface area contributed by atoms with Gasteiger partial charge in [0.1, 0.15) is 0 Å². The summed E-state index contributed by atoms with van der Waals surface area (Å²) in [5.74, 6) is 0.696. The highest BCUT2D eigenvalue weighted by atomic mass is 15.0. The van der Waals surface area contributed by atoms with Crippen molar-refractivity contribution in [2.45, 2.75) is 0 Å². The van der Waals surface area contributed by atoms with Crippen LogP contribution in [0.25, 0.3) is 100 Å². The van der Waals surface area contributed by atoms with Crippen LogP contribution in [0, 0.1) is 0 Å². The molecule has 0 amide bonds. The molecule has 0 N–H and O–H groups in total. The van der Waals surface area contributed by atoms with Crippen LogP contribution < -0.4 is 0 Å². The second-order valence-corrected chi connectivity index (χ2v) is 14.2. The van der Waals surface area contributed by atoms with E-state index in [1.165, 1.54) is 43.7 Å². The van der Waals surface area contributed by atoms with Gasteiger partial charge in [-0.05, 0) is 65.7 Å². The first-order chi connectivity index (χ1) is 27.8. The number of rotatable bonds is 6. The summed E-state index contributed by atoms with van der Waals surface area (Å²) in [6.07, 6.45) is 0.